The van der Waals surface area contributed by atoms with E-state index in [-0.39, 0.29) is 10.8 Å². The zero-order valence-electron chi connectivity index (χ0n) is 13.5. The van der Waals surface area contributed by atoms with Gasteiger partial charge in [0.25, 0.3) is 10.0 Å². The van der Waals surface area contributed by atoms with Gasteiger partial charge in [0.15, 0.2) is 0 Å². The summed E-state index contributed by atoms with van der Waals surface area (Å²) >= 11 is 0. The molecule has 1 aliphatic rings. The summed E-state index contributed by atoms with van der Waals surface area (Å²) in [6.45, 7) is 2.81. The summed E-state index contributed by atoms with van der Waals surface area (Å²) in [4.78, 5) is 11.1. The van der Waals surface area contributed by atoms with Gasteiger partial charge in [0.05, 0.1) is 10.6 Å². The van der Waals surface area contributed by atoms with Crippen LogP contribution in [0.2, 0.25) is 0 Å². The second-order valence-electron chi connectivity index (χ2n) is 5.64. The van der Waals surface area contributed by atoms with E-state index < -0.39 is 10.0 Å². The minimum absolute atomic E-state index is 0.121. The molecule has 0 saturated carbocycles. The Morgan fingerprint density at radius 3 is 2.67 bits per heavy atom. The van der Waals surface area contributed by atoms with Gasteiger partial charge in [0.1, 0.15) is 5.82 Å². The van der Waals surface area contributed by atoms with Crippen LogP contribution in [0.5, 0.6) is 0 Å². The maximum atomic E-state index is 12.6. The lowest BCUT2D eigenvalue weighted by Gasteiger charge is -2.14. The number of carbonyl (C=O) groups is 1. The number of nitrogens with one attached hydrogen (secondary N) is 3. The van der Waals surface area contributed by atoms with E-state index in [1.807, 2.05) is 0 Å². The zero-order chi connectivity index (χ0) is 17.3. The summed E-state index contributed by atoms with van der Waals surface area (Å²) in [6.07, 6.45) is 0.774. The summed E-state index contributed by atoms with van der Waals surface area (Å²) < 4.78 is 29.4. The third-order valence-corrected chi connectivity index (χ3v) is 5.14. The lowest BCUT2D eigenvalue weighted by molar-refractivity contribution is -0.114. The number of fused-ring (bicyclic) bond motifs is 1. The molecule has 1 aromatic carbocycles. The highest BCUT2D eigenvalue weighted by Gasteiger charge is 2.23. The molecule has 8 nitrogen and oxygen atoms in total. The number of amides is 1. The topological polar surface area (TPSA) is 105 Å². The molecule has 0 atom stereocenters. The Morgan fingerprint density at radius 1 is 1.29 bits per heavy atom. The fraction of sp³-hybridized carbons (Fsp3) is 0.333. The molecular weight excluding hydrogens is 330 g/mol. The van der Waals surface area contributed by atoms with Gasteiger partial charge in [0.2, 0.25) is 5.91 Å². The number of aromatic nitrogens is 2. The molecule has 9 heteroatoms. The van der Waals surface area contributed by atoms with Crippen molar-refractivity contribution in [3.05, 3.63) is 35.5 Å². The van der Waals surface area contributed by atoms with Gasteiger partial charge >= 0.3 is 0 Å². The van der Waals surface area contributed by atoms with Crippen LogP contribution in [0.1, 0.15) is 18.2 Å². The van der Waals surface area contributed by atoms with Crippen LogP contribution in [-0.4, -0.2) is 30.7 Å². The summed E-state index contributed by atoms with van der Waals surface area (Å²) in [5.41, 5.74) is 2.33. The average Bonchev–Trinajstić information content (AvgIpc) is 2.83. The zero-order valence-corrected chi connectivity index (χ0v) is 14.3. The van der Waals surface area contributed by atoms with Gasteiger partial charge in [-0.05, 0) is 24.3 Å². The summed E-state index contributed by atoms with van der Waals surface area (Å²) in [5.74, 6) is 0.265. The normalized spacial score (nSPS) is 14.1. The number of aryl methyl sites for hydroxylation is 1. The predicted molar refractivity (Wildman–Crippen MR) is 90.2 cm³/mol. The second kappa shape index (κ2) is 6.25. The Morgan fingerprint density at radius 2 is 2.00 bits per heavy atom. The third kappa shape index (κ3) is 3.26. The Kier molecular flexibility index (Phi) is 4.29. The Bertz CT molecular complexity index is 871. The Hall–Kier alpha value is -2.39. The molecule has 0 aliphatic carbocycles. The van der Waals surface area contributed by atoms with Gasteiger partial charge < -0.3 is 10.6 Å². The SMILES string of the molecule is CC(=O)Nc1ccc(S(=O)(=O)Nc2c3c(nn2C)CCNC3)cc1. The smallest absolute Gasteiger partial charge is 0.263 e. The van der Waals surface area contributed by atoms with E-state index in [0.29, 0.717) is 18.1 Å². The van der Waals surface area contributed by atoms with E-state index in [0.717, 1.165) is 24.2 Å². The Labute approximate surface area is 140 Å². The van der Waals surface area contributed by atoms with Crippen molar-refractivity contribution in [3.8, 4) is 0 Å². The molecule has 1 aromatic heterocycles. The summed E-state index contributed by atoms with van der Waals surface area (Å²) in [5, 5.41) is 10.2. The van der Waals surface area contributed by atoms with Gasteiger partial charge in [-0.2, -0.15) is 5.10 Å². The molecule has 2 heterocycles. The van der Waals surface area contributed by atoms with Crippen LogP contribution in [-0.2, 0) is 34.8 Å². The van der Waals surface area contributed by atoms with E-state index in [1.54, 1.807) is 23.9 Å². The van der Waals surface area contributed by atoms with Gasteiger partial charge in [-0.1, -0.05) is 0 Å². The van der Waals surface area contributed by atoms with Gasteiger partial charge in [-0.15, -0.1) is 0 Å². The van der Waals surface area contributed by atoms with Crippen LogP contribution in [0, 0.1) is 0 Å². The van der Waals surface area contributed by atoms with E-state index in [1.165, 1.54) is 19.1 Å². The lowest BCUT2D eigenvalue weighted by Crippen LogP contribution is -2.24. The van der Waals surface area contributed by atoms with Crippen molar-refractivity contribution < 1.29 is 13.2 Å². The molecule has 0 fully saturated rings. The number of hydrogen-bond acceptors (Lipinski definition) is 5. The van der Waals surface area contributed by atoms with Crippen molar-refractivity contribution in [1.29, 1.82) is 0 Å². The third-order valence-electron chi connectivity index (χ3n) is 3.78. The molecule has 24 heavy (non-hydrogen) atoms. The molecule has 0 unspecified atom stereocenters. The fourth-order valence-corrected chi connectivity index (χ4v) is 3.79. The molecule has 1 amide bonds. The molecule has 128 valence electrons. The number of nitrogens with zero attached hydrogens (tertiary/aromatic N) is 2. The van der Waals surface area contributed by atoms with Crippen LogP contribution in [0.3, 0.4) is 0 Å². The quantitative estimate of drug-likeness (QED) is 0.758. The van der Waals surface area contributed by atoms with E-state index in [9.17, 15) is 13.2 Å². The molecule has 0 bridgehead atoms. The number of rotatable bonds is 4. The highest BCUT2D eigenvalue weighted by atomic mass is 32.2. The largest absolute Gasteiger partial charge is 0.326 e. The van der Waals surface area contributed by atoms with Crippen molar-refractivity contribution in [2.45, 2.75) is 24.8 Å². The average molecular weight is 349 g/mol. The Balaban J connectivity index is 1.86. The van der Waals surface area contributed by atoms with Crippen LogP contribution in [0.15, 0.2) is 29.2 Å². The standard InChI is InChI=1S/C15H19N5O3S/c1-10(21)17-11-3-5-12(6-4-11)24(22,23)19-15-13-9-16-8-7-14(13)18-20(15)2/h3-6,16,19H,7-9H2,1-2H3,(H,17,21). The first-order valence-electron chi connectivity index (χ1n) is 7.53. The van der Waals surface area contributed by atoms with Crippen LogP contribution in [0.25, 0.3) is 0 Å². The molecule has 0 saturated heterocycles. The van der Waals surface area contributed by atoms with Crippen molar-refractivity contribution >= 4 is 27.4 Å². The molecule has 3 rings (SSSR count). The molecular formula is C15H19N5O3S. The molecule has 0 spiro atoms. The molecule has 3 N–H and O–H groups in total. The lowest BCUT2D eigenvalue weighted by atomic mass is 10.1. The number of benzene rings is 1. The van der Waals surface area contributed by atoms with E-state index >= 15 is 0 Å². The van der Waals surface area contributed by atoms with E-state index in [2.05, 4.69) is 20.5 Å². The number of carbonyl (C=O) groups excluding carboxylic acids is 1. The van der Waals surface area contributed by atoms with Crippen molar-refractivity contribution in [2.75, 3.05) is 16.6 Å². The number of hydrogen-bond donors (Lipinski definition) is 3. The minimum Gasteiger partial charge on any atom is -0.326 e. The van der Waals surface area contributed by atoms with Gasteiger partial charge in [0, 0.05) is 44.7 Å². The summed E-state index contributed by atoms with van der Waals surface area (Å²) in [7, 11) is -2.02. The monoisotopic (exact) mass is 349 g/mol. The van der Waals surface area contributed by atoms with Gasteiger partial charge in [-0.3, -0.25) is 14.2 Å². The first-order chi connectivity index (χ1) is 11.4. The second-order valence-corrected chi connectivity index (χ2v) is 7.32. The first kappa shape index (κ1) is 16.5. The van der Waals surface area contributed by atoms with E-state index in [4.69, 9.17) is 0 Å². The summed E-state index contributed by atoms with van der Waals surface area (Å²) in [6, 6.07) is 6.01. The fourth-order valence-electron chi connectivity index (χ4n) is 2.66. The van der Waals surface area contributed by atoms with Crippen LogP contribution >= 0.6 is 0 Å². The van der Waals surface area contributed by atoms with Crippen LogP contribution in [0.4, 0.5) is 11.5 Å². The number of sulfonamides is 1. The van der Waals surface area contributed by atoms with Crippen LogP contribution < -0.4 is 15.4 Å². The predicted octanol–water partition coefficient (Wildman–Crippen LogP) is 0.825. The van der Waals surface area contributed by atoms with Crippen molar-refractivity contribution in [3.63, 3.8) is 0 Å². The maximum absolute atomic E-state index is 12.6. The minimum atomic E-state index is -3.74. The molecule has 0 radical (unpaired) electrons. The highest BCUT2D eigenvalue weighted by Crippen LogP contribution is 2.25. The van der Waals surface area contributed by atoms with Crippen molar-refractivity contribution in [1.82, 2.24) is 15.1 Å². The molecule has 2 aromatic rings. The van der Waals surface area contributed by atoms with Gasteiger partial charge in [-0.25, -0.2) is 8.42 Å². The number of anilines is 2. The highest BCUT2D eigenvalue weighted by molar-refractivity contribution is 7.92. The first-order valence-corrected chi connectivity index (χ1v) is 9.01. The van der Waals surface area contributed by atoms with Crippen molar-refractivity contribution in [2.24, 2.45) is 7.05 Å². The maximum Gasteiger partial charge on any atom is 0.263 e. The molecule has 1 aliphatic heterocycles.